The van der Waals surface area contributed by atoms with E-state index in [1.807, 2.05) is 0 Å². The van der Waals surface area contributed by atoms with Crippen LogP contribution in [-0.2, 0) is 21.7 Å². The van der Waals surface area contributed by atoms with Crippen LogP contribution in [0.1, 0.15) is 877 Å². The molecule has 0 heterocycles. The third-order valence-corrected chi connectivity index (χ3v) is 33.4. The van der Waals surface area contributed by atoms with E-state index in [4.69, 9.17) is 21.3 Å². The smallest absolute Gasteiger partial charge is 0.662 e. The van der Waals surface area contributed by atoms with Crippen molar-refractivity contribution in [3.63, 3.8) is 0 Å². The Bertz CT molecular complexity index is 1620. The molecule has 0 amide bonds. The monoisotopic (exact) mass is 2130 g/mol. The Labute approximate surface area is 965 Å². The van der Waals surface area contributed by atoms with E-state index in [1.165, 1.54) is 822 Å². The van der Waals surface area contributed by atoms with Crippen molar-refractivity contribution >= 4 is 0 Å². The minimum Gasteiger partial charge on any atom is -0.662 e. The minimum atomic E-state index is 0. The van der Waals surface area contributed by atoms with Crippen LogP contribution in [0.3, 0.4) is 0 Å². The maximum atomic E-state index is 4.78. The summed E-state index contributed by atoms with van der Waals surface area (Å²) in [6, 6.07) is 0. The largest absolute Gasteiger partial charge is 4.00 e. The van der Waals surface area contributed by atoms with Crippen LogP contribution in [0, 0.1) is 0 Å². The van der Waals surface area contributed by atoms with Crippen molar-refractivity contribution in [2.24, 2.45) is 0 Å². The fourth-order valence-electron chi connectivity index (χ4n) is 22.6. The van der Waals surface area contributed by atoms with Gasteiger partial charge < -0.3 is 21.3 Å². The molecule has 0 spiro atoms. The molecule has 0 unspecified atom stereocenters. The van der Waals surface area contributed by atoms with Crippen molar-refractivity contribution < 1.29 is 21.7 Å². The van der Waals surface area contributed by atoms with Gasteiger partial charge in [0.05, 0.1) is 0 Å². The number of hydrogen-bond donors (Lipinski definition) is 0. The SMILES string of the molecule is CCCCCCCCCCCCCCCCCC[N-]CCCCCCCCCCCCCCCCCC.CCCCCCCCCCCCCCCCCC[N-]CCCCCCCCCCCCCCCCCC.CCCCCCCCCCCCCCCCCC[N-]CCCCCCCCCCCCCCCCCC.CCCCCCCCCCCCCCCCCC[N-]CCCCCCCCCCCCCCCCCC.[Ti+4]. The van der Waals surface area contributed by atoms with Gasteiger partial charge in [-0.25, -0.2) is 0 Å². The Morgan fingerprint density at radius 2 is 0.101 bits per heavy atom. The molecule has 0 fully saturated rings. The molecule has 0 aliphatic carbocycles. The van der Waals surface area contributed by atoms with E-state index in [0.29, 0.717) is 0 Å². The summed E-state index contributed by atoms with van der Waals surface area (Å²) in [5.74, 6) is 0. The summed E-state index contributed by atoms with van der Waals surface area (Å²) in [7, 11) is 0. The molecular weight excluding hydrogens is 1830 g/mol. The van der Waals surface area contributed by atoms with E-state index in [9.17, 15) is 0 Å². The molecule has 0 aromatic rings. The zero-order valence-electron chi connectivity index (χ0n) is 106. The molecule has 896 valence electrons. The van der Waals surface area contributed by atoms with Crippen LogP contribution < -0.4 is 0 Å². The van der Waals surface area contributed by atoms with Crippen molar-refractivity contribution in [3.8, 4) is 0 Å². The molecule has 0 saturated heterocycles. The molecule has 0 aromatic heterocycles. The molecule has 149 heavy (non-hydrogen) atoms. The first-order chi connectivity index (χ1) is 73.7. The molecule has 0 bridgehead atoms. The maximum Gasteiger partial charge on any atom is 4.00 e. The quantitative estimate of drug-likeness (QED) is 0.0430. The van der Waals surface area contributed by atoms with Gasteiger partial charge in [-0.1, -0.05) is 877 Å². The second-order valence-electron chi connectivity index (χ2n) is 49.1. The van der Waals surface area contributed by atoms with Gasteiger partial charge in [0.15, 0.2) is 0 Å². The van der Waals surface area contributed by atoms with Crippen LogP contribution in [0.15, 0.2) is 0 Å². The van der Waals surface area contributed by atoms with Gasteiger partial charge in [-0.15, -0.1) is 52.4 Å². The molecule has 0 saturated carbocycles. The van der Waals surface area contributed by atoms with E-state index in [2.05, 4.69) is 55.4 Å². The Kier molecular flexibility index (Phi) is 174. The van der Waals surface area contributed by atoms with Gasteiger partial charge in [0.25, 0.3) is 0 Å². The summed E-state index contributed by atoms with van der Waals surface area (Å²) in [5, 5.41) is 19.1. The number of rotatable bonds is 136. The maximum absolute atomic E-state index is 4.78. The Balaban J connectivity index is -0.000000617. The fourth-order valence-corrected chi connectivity index (χ4v) is 22.6. The van der Waals surface area contributed by atoms with Gasteiger partial charge in [-0.05, 0) is 0 Å². The molecule has 0 atom stereocenters. The van der Waals surface area contributed by atoms with Crippen molar-refractivity contribution in [1.29, 1.82) is 0 Å². The van der Waals surface area contributed by atoms with Gasteiger partial charge in [0, 0.05) is 0 Å². The first-order valence-corrected chi connectivity index (χ1v) is 72.2. The van der Waals surface area contributed by atoms with Crippen LogP contribution in [0.5, 0.6) is 0 Å². The van der Waals surface area contributed by atoms with Crippen molar-refractivity contribution in [3.05, 3.63) is 21.3 Å². The second kappa shape index (κ2) is 164. The molecule has 0 aromatic carbocycles. The summed E-state index contributed by atoms with van der Waals surface area (Å²) in [6.45, 7) is 27.4. The third-order valence-electron chi connectivity index (χ3n) is 33.4. The van der Waals surface area contributed by atoms with E-state index in [-0.39, 0.29) is 21.7 Å². The minimum absolute atomic E-state index is 0. The normalized spacial score (nSPS) is 11.4. The summed E-state index contributed by atoms with van der Waals surface area (Å²) in [4.78, 5) is 0. The Hall–Kier alpha value is 0.554. The standard InChI is InChI=1S/4C36H74N.Ti/c4*1-3-5-7-9-11-13-15-17-19-21-23-25-27-29-31-33-35-37-36-34-32-30-28-26-24-22-20-18-16-14-12-10-8-6-4-2;/h4*3-36H2,1-2H3;/q4*-1;+4. The number of hydrogen-bond acceptors (Lipinski definition) is 0. The van der Waals surface area contributed by atoms with Gasteiger partial charge >= 0.3 is 21.7 Å². The van der Waals surface area contributed by atoms with Crippen LogP contribution in [0.25, 0.3) is 21.3 Å². The Morgan fingerprint density at radius 1 is 0.0604 bits per heavy atom. The molecule has 0 aliphatic rings. The summed E-state index contributed by atoms with van der Waals surface area (Å²) >= 11 is 0. The van der Waals surface area contributed by atoms with Crippen LogP contribution in [0.4, 0.5) is 0 Å². The van der Waals surface area contributed by atoms with Crippen LogP contribution in [-0.4, -0.2) is 52.4 Å². The topological polar surface area (TPSA) is 56.4 Å². The zero-order valence-corrected chi connectivity index (χ0v) is 108. The van der Waals surface area contributed by atoms with Gasteiger partial charge in [0.2, 0.25) is 0 Å². The first kappa shape index (κ1) is 158. The average Bonchev–Trinajstić information content (AvgIpc) is 1.10. The number of nitrogens with zero attached hydrogens (tertiary/aromatic N) is 4. The number of unbranched alkanes of at least 4 members (excludes halogenated alkanes) is 120. The Morgan fingerprint density at radius 3 is 0.148 bits per heavy atom. The van der Waals surface area contributed by atoms with Crippen molar-refractivity contribution in [2.75, 3.05) is 52.4 Å². The molecule has 0 aliphatic heterocycles. The molecule has 0 N–H and O–H groups in total. The van der Waals surface area contributed by atoms with Crippen molar-refractivity contribution in [2.45, 2.75) is 877 Å². The summed E-state index contributed by atoms with van der Waals surface area (Å²) in [6.07, 6.45) is 185. The molecule has 4 nitrogen and oxygen atoms in total. The molecule has 0 rings (SSSR count). The van der Waals surface area contributed by atoms with E-state index >= 15 is 0 Å². The summed E-state index contributed by atoms with van der Waals surface area (Å²) < 4.78 is 0. The summed E-state index contributed by atoms with van der Waals surface area (Å²) in [5.41, 5.74) is 0. The predicted molar refractivity (Wildman–Crippen MR) is 689 cm³/mol. The van der Waals surface area contributed by atoms with E-state index in [0.717, 1.165) is 52.4 Å². The predicted octanol–water partition coefficient (Wildman–Crippen LogP) is 55.5. The molecular formula is C144H296N4Ti. The van der Waals surface area contributed by atoms with Crippen LogP contribution >= 0.6 is 0 Å². The average molecular weight is 2130 g/mol. The van der Waals surface area contributed by atoms with Crippen LogP contribution in [0.2, 0.25) is 0 Å². The zero-order chi connectivity index (χ0) is 107. The van der Waals surface area contributed by atoms with E-state index in [1.54, 1.807) is 0 Å². The first-order valence-electron chi connectivity index (χ1n) is 72.2. The fraction of sp³-hybridized carbons (Fsp3) is 1.00. The second-order valence-corrected chi connectivity index (χ2v) is 49.1. The van der Waals surface area contributed by atoms with E-state index < -0.39 is 0 Å². The van der Waals surface area contributed by atoms with Crippen molar-refractivity contribution in [1.82, 2.24) is 0 Å². The van der Waals surface area contributed by atoms with Gasteiger partial charge in [-0.2, -0.15) is 0 Å². The molecule has 0 radical (unpaired) electrons. The van der Waals surface area contributed by atoms with Gasteiger partial charge in [-0.3, -0.25) is 0 Å². The third kappa shape index (κ3) is 171. The van der Waals surface area contributed by atoms with Gasteiger partial charge in [0.1, 0.15) is 0 Å². The molecule has 5 heteroatoms.